The molecule has 1 aliphatic rings. The molecule has 2 atom stereocenters. The molecule has 20 heavy (non-hydrogen) atoms. The standard InChI is InChI=1S/C16H19NO3/c1-3-10-20-15-6-4-13(5-7-15)16(19)17-9-8-14(11-17)12(2)18/h1,4-7,12,14,18H,8-11H2,2H3. The second kappa shape index (κ2) is 6.44. The summed E-state index contributed by atoms with van der Waals surface area (Å²) in [7, 11) is 0. The van der Waals surface area contributed by atoms with Crippen LogP contribution in [-0.2, 0) is 0 Å². The van der Waals surface area contributed by atoms with Crippen molar-refractivity contribution in [1.29, 1.82) is 0 Å². The summed E-state index contributed by atoms with van der Waals surface area (Å²) in [5, 5.41) is 9.57. The van der Waals surface area contributed by atoms with Crippen LogP contribution in [0.3, 0.4) is 0 Å². The van der Waals surface area contributed by atoms with Crippen LogP contribution in [0.4, 0.5) is 0 Å². The molecule has 1 aliphatic heterocycles. The van der Waals surface area contributed by atoms with Crippen molar-refractivity contribution in [2.75, 3.05) is 19.7 Å². The van der Waals surface area contributed by atoms with Gasteiger partial charge in [-0.25, -0.2) is 0 Å². The fourth-order valence-electron chi connectivity index (χ4n) is 2.37. The molecule has 1 amide bonds. The number of carbonyl (C=O) groups is 1. The number of nitrogens with zero attached hydrogens (tertiary/aromatic N) is 1. The lowest BCUT2D eigenvalue weighted by Crippen LogP contribution is -2.30. The summed E-state index contributed by atoms with van der Waals surface area (Å²) >= 11 is 0. The van der Waals surface area contributed by atoms with Gasteiger partial charge in [0.05, 0.1) is 6.10 Å². The lowest BCUT2D eigenvalue weighted by molar-refractivity contribution is 0.0762. The van der Waals surface area contributed by atoms with E-state index in [0.29, 0.717) is 24.4 Å². The molecular formula is C16H19NO3. The first kappa shape index (κ1) is 14.4. The van der Waals surface area contributed by atoms with Gasteiger partial charge in [-0.15, -0.1) is 6.42 Å². The summed E-state index contributed by atoms with van der Waals surface area (Å²) in [6.07, 6.45) is 5.60. The van der Waals surface area contributed by atoms with Gasteiger partial charge in [-0.3, -0.25) is 4.79 Å². The Morgan fingerprint density at radius 3 is 2.80 bits per heavy atom. The number of aliphatic hydroxyl groups excluding tert-OH is 1. The number of hydrogen-bond acceptors (Lipinski definition) is 3. The second-order valence-corrected chi connectivity index (χ2v) is 5.06. The lowest BCUT2D eigenvalue weighted by atomic mass is 10.0. The van der Waals surface area contributed by atoms with E-state index < -0.39 is 0 Å². The van der Waals surface area contributed by atoms with Gasteiger partial charge in [0.1, 0.15) is 12.4 Å². The topological polar surface area (TPSA) is 49.8 Å². The van der Waals surface area contributed by atoms with Crippen LogP contribution in [0.15, 0.2) is 24.3 Å². The van der Waals surface area contributed by atoms with Crippen molar-refractivity contribution >= 4 is 5.91 Å². The fraction of sp³-hybridized carbons (Fsp3) is 0.438. The van der Waals surface area contributed by atoms with Crippen molar-refractivity contribution in [3.63, 3.8) is 0 Å². The quantitative estimate of drug-likeness (QED) is 0.847. The number of hydrogen-bond donors (Lipinski definition) is 1. The van der Waals surface area contributed by atoms with Crippen LogP contribution in [0.5, 0.6) is 5.75 Å². The van der Waals surface area contributed by atoms with Crippen molar-refractivity contribution < 1.29 is 14.6 Å². The smallest absolute Gasteiger partial charge is 0.253 e. The van der Waals surface area contributed by atoms with Crippen molar-refractivity contribution in [2.24, 2.45) is 5.92 Å². The van der Waals surface area contributed by atoms with E-state index in [9.17, 15) is 9.90 Å². The van der Waals surface area contributed by atoms with Crippen molar-refractivity contribution in [3.8, 4) is 18.1 Å². The van der Waals surface area contributed by atoms with E-state index in [-0.39, 0.29) is 24.5 Å². The van der Waals surface area contributed by atoms with Gasteiger partial charge in [0.25, 0.3) is 5.91 Å². The molecule has 1 N–H and O–H groups in total. The third-order valence-corrected chi connectivity index (χ3v) is 3.62. The number of carbonyl (C=O) groups excluding carboxylic acids is 1. The Labute approximate surface area is 119 Å². The number of likely N-dealkylation sites (tertiary alicyclic amines) is 1. The maximum atomic E-state index is 12.3. The van der Waals surface area contributed by atoms with Crippen molar-refractivity contribution in [3.05, 3.63) is 29.8 Å². The van der Waals surface area contributed by atoms with Gasteiger partial charge in [0.15, 0.2) is 0 Å². The lowest BCUT2D eigenvalue weighted by Gasteiger charge is -2.18. The molecule has 1 heterocycles. The Morgan fingerprint density at radius 1 is 1.55 bits per heavy atom. The van der Waals surface area contributed by atoms with Crippen molar-refractivity contribution in [1.82, 2.24) is 4.90 Å². The van der Waals surface area contributed by atoms with Crippen LogP contribution in [0.25, 0.3) is 0 Å². The zero-order valence-corrected chi connectivity index (χ0v) is 11.6. The van der Waals surface area contributed by atoms with E-state index in [0.717, 1.165) is 6.42 Å². The van der Waals surface area contributed by atoms with Gasteiger partial charge >= 0.3 is 0 Å². The van der Waals surface area contributed by atoms with Gasteiger partial charge in [0, 0.05) is 24.6 Å². The first-order valence-electron chi connectivity index (χ1n) is 6.75. The van der Waals surface area contributed by atoms with E-state index in [1.807, 2.05) is 0 Å². The third-order valence-electron chi connectivity index (χ3n) is 3.62. The van der Waals surface area contributed by atoms with E-state index >= 15 is 0 Å². The molecular weight excluding hydrogens is 254 g/mol. The molecule has 0 aliphatic carbocycles. The predicted molar refractivity (Wildman–Crippen MR) is 76.5 cm³/mol. The number of ether oxygens (including phenoxy) is 1. The average molecular weight is 273 g/mol. The summed E-state index contributed by atoms with van der Waals surface area (Å²) in [5.74, 6) is 3.22. The van der Waals surface area contributed by atoms with Crippen LogP contribution >= 0.6 is 0 Å². The minimum atomic E-state index is -0.368. The molecule has 4 heteroatoms. The molecule has 0 bridgehead atoms. The number of terminal acetylenes is 1. The Morgan fingerprint density at radius 2 is 2.25 bits per heavy atom. The molecule has 1 fully saturated rings. The molecule has 2 rings (SSSR count). The molecule has 106 valence electrons. The van der Waals surface area contributed by atoms with Gasteiger partial charge < -0.3 is 14.7 Å². The molecule has 0 spiro atoms. The van der Waals surface area contributed by atoms with Crippen LogP contribution in [0.1, 0.15) is 23.7 Å². The maximum absolute atomic E-state index is 12.3. The van der Waals surface area contributed by atoms with E-state index in [1.54, 1.807) is 36.1 Å². The normalized spacial score (nSPS) is 19.4. The minimum Gasteiger partial charge on any atom is -0.481 e. The monoisotopic (exact) mass is 273 g/mol. The van der Waals surface area contributed by atoms with E-state index in [1.165, 1.54) is 0 Å². The van der Waals surface area contributed by atoms with E-state index in [2.05, 4.69) is 5.92 Å². The molecule has 0 saturated carbocycles. The molecule has 1 aromatic carbocycles. The van der Waals surface area contributed by atoms with Gasteiger partial charge in [0.2, 0.25) is 0 Å². The maximum Gasteiger partial charge on any atom is 0.253 e. The molecule has 2 unspecified atom stereocenters. The Balaban J connectivity index is 1.98. The summed E-state index contributed by atoms with van der Waals surface area (Å²) in [5.41, 5.74) is 0.629. The van der Waals surface area contributed by atoms with Crippen LogP contribution in [0.2, 0.25) is 0 Å². The Kier molecular flexibility index (Phi) is 4.65. The highest BCUT2D eigenvalue weighted by Crippen LogP contribution is 2.22. The third kappa shape index (κ3) is 3.31. The van der Waals surface area contributed by atoms with Gasteiger partial charge in [-0.05, 0) is 37.6 Å². The molecule has 1 saturated heterocycles. The summed E-state index contributed by atoms with van der Waals surface area (Å²) in [4.78, 5) is 14.1. The molecule has 0 aromatic heterocycles. The predicted octanol–water partition coefficient (Wildman–Crippen LogP) is 1.54. The first-order chi connectivity index (χ1) is 9.61. The second-order valence-electron chi connectivity index (χ2n) is 5.06. The van der Waals surface area contributed by atoms with Crippen molar-refractivity contribution in [2.45, 2.75) is 19.4 Å². The Hall–Kier alpha value is -1.99. The molecule has 4 nitrogen and oxygen atoms in total. The summed E-state index contributed by atoms with van der Waals surface area (Å²) in [6, 6.07) is 6.97. The fourth-order valence-corrected chi connectivity index (χ4v) is 2.37. The number of benzene rings is 1. The minimum absolute atomic E-state index is 0.00310. The number of rotatable bonds is 4. The highest BCUT2D eigenvalue weighted by Gasteiger charge is 2.29. The summed E-state index contributed by atoms with van der Waals surface area (Å²) < 4.78 is 5.27. The molecule has 0 radical (unpaired) electrons. The van der Waals surface area contributed by atoms with Gasteiger partial charge in [-0.2, -0.15) is 0 Å². The zero-order chi connectivity index (χ0) is 14.5. The van der Waals surface area contributed by atoms with Crippen LogP contribution in [-0.4, -0.2) is 41.7 Å². The van der Waals surface area contributed by atoms with Gasteiger partial charge in [-0.1, -0.05) is 5.92 Å². The first-order valence-corrected chi connectivity index (χ1v) is 6.75. The average Bonchev–Trinajstić information content (AvgIpc) is 2.95. The van der Waals surface area contributed by atoms with Crippen LogP contribution < -0.4 is 4.74 Å². The zero-order valence-electron chi connectivity index (χ0n) is 11.6. The summed E-state index contributed by atoms with van der Waals surface area (Å²) in [6.45, 7) is 3.31. The highest BCUT2D eigenvalue weighted by atomic mass is 16.5. The SMILES string of the molecule is C#CCOc1ccc(C(=O)N2CCC(C(C)O)C2)cc1. The molecule has 1 aromatic rings. The number of aliphatic hydroxyl groups is 1. The largest absolute Gasteiger partial charge is 0.481 e. The Bertz CT molecular complexity index is 501. The number of amides is 1. The highest BCUT2D eigenvalue weighted by molar-refractivity contribution is 5.94. The van der Waals surface area contributed by atoms with Crippen LogP contribution in [0, 0.1) is 18.3 Å². The van der Waals surface area contributed by atoms with E-state index in [4.69, 9.17) is 11.2 Å².